The summed E-state index contributed by atoms with van der Waals surface area (Å²) in [6.45, 7) is 0.235. The molecule has 0 saturated carbocycles. The Balaban J connectivity index is 1.70. The van der Waals surface area contributed by atoms with Crippen molar-refractivity contribution in [3.8, 4) is 0 Å². The normalized spacial score (nSPS) is 13.4. The first kappa shape index (κ1) is 14.5. The van der Waals surface area contributed by atoms with Gasteiger partial charge in [0.1, 0.15) is 6.54 Å². The third-order valence-electron chi connectivity index (χ3n) is 3.60. The SMILES string of the molecule is CN(Cc1ccsc1)C(=O)CN1C(=O)c2ccccc2C1=O. The highest BCUT2D eigenvalue weighted by Gasteiger charge is 2.36. The number of rotatable bonds is 4. The number of carbonyl (C=O) groups excluding carboxylic acids is 3. The molecule has 6 heteroatoms. The van der Waals surface area contributed by atoms with Crippen molar-refractivity contribution in [3.05, 3.63) is 57.8 Å². The second kappa shape index (κ2) is 5.73. The Morgan fingerprint density at radius 3 is 2.32 bits per heavy atom. The van der Waals surface area contributed by atoms with E-state index in [4.69, 9.17) is 0 Å². The number of nitrogens with zero attached hydrogens (tertiary/aromatic N) is 2. The summed E-state index contributed by atoms with van der Waals surface area (Å²) in [5, 5.41) is 3.91. The summed E-state index contributed by atoms with van der Waals surface area (Å²) in [6.07, 6.45) is 0. The van der Waals surface area contributed by atoms with Gasteiger partial charge in [0.05, 0.1) is 11.1 Å². The lowest BCUT2D eigenvalue weighted by atomic mass is 10.1. The molecule has 0 N–H and O–H groups in total. The van der Waals surface area contributed by atoms with Crippen molar-refractivity contribution >= 4 is 29.1 Å². The number of fused-ring (bicyclic) bond motifs is 1. The Morgan fingerprint density at radius 1 is 1.14 bits per heavy atom. The number of benzene rings is 1. The summed E-state index contributed by atoms with van der Waals surface area (Å²) in [7, 11) is 1.66. The first-order valence-corrected chi connectivity index (χ1v) is 7.72. The molecule has 0 radical (unpaired) electrons. The van der Waals surface area contributed by atoms with E-state index in [0.717, 1.165) is 10.5 Å². The van der Waals surface area contributed by atoms with E-state index >= 15 is 0 Å². The van der Waals surface area contributed by atoms with E-state index in [1.54, 1.807) is 42.6 Å². The van der Waals surface area contributed by atoms with Gasteiger partial charge in [-0.25, -0.2) is 0 Å². The molecule has 3 rings (SSSR count). The smallest absolute Gasteiger partial charge is 0.262 e. The van der Waals surface area contributed by atoms with Gasteiger partial charge in [0.2, 0.25) is 5.91 Å². The molecule has 1 aromatic carbocycles. The van der Waals surface area contributed by atoms with Gasteiger partial charge in [-0.05, 0) is 34.5 Å². The van der Waals surface area contributed by atoms with Crippen LogP contribution in [0.2, 0.25) is 0 Å². The van der Waals surface area contributed by atoms with Gasteiger partial charge < -0.3 is 4.90 Å². The van der Waals surface area contributed by atoms with Crippen LogP contribution in [-0.2, 0) is 11.3 Å². The van der Waals surface area contributed by atoms with Gasteiger partial charge >= 0.3 is 0 Å². The molecule has 1 aliphatic rings. The Labute approximate surface area is 131 Å². The predicted octanol–water partition coefficient (Wildman–Crippen LogP) is 2.00. The molecule has 0 unspecified atom stereocenters. The van der Waals surface area contributed by atoms with Crippen molar-refractivity contribution in [1.82, 2.24) is 9.80 Å². The standard InChI is InChI=1S/C16H14N2O3S/c1-17(8-11-6-7-22-10-11)14(19)9-18-15(20)12-4-2-3-5-13(12)16(18)21/h2-7,10H,8-9H2,1H3. The predicted molar refractivity (Wildman–Crippen MR) is 82.6 cm³/mol. The molecule has 0 bridgehead atoms. The summed E-state index contributed by atoms with van der Waals surface area (Å²) >= 11 is 1.56. The van der Waals surface area contributed by atoms with Gasteiger partial charge in [0.25, 0.3) is 11.8 Å². The molecule has 112 valence electrons. The molecule has 3 amide bonds. The zero-order valence-corrected chi connectivity index (χ0v) is 12.8. The molecule has 0 aliphatic carbocycles. The van der Waals surface area contributed by atoms with E-state index in [9.17, 15) is 14.4 Å². The Bertz CT molecular complexity index is 705. The molecular formula is C16H14N2O3S. The minimum atomic E-state index is -0.405. The summed E-state index contributed by atoms with van der Waals surface area (Å²) in [6, 6.07) is 8.57. The topological polar surface area (TPSA) is 57.7 Å². The fraction of sp³-hybridized carbons (Fsp3) is 0.188. The highest BCUT2D eigenvalue weighted by Crippen LogP contribution is 2.22. The lowest BCUT2D eigenvalue weighted by Crippen LogP contribution is -2.40. The number of likely N-dealkylation sites (N-methyl/N-ethyl adjacent to an activating group) is 1. The Hall–Kier alpha value is -2.47. The summed E-state index contributed by atoms with van der Waals surface area (Å²) < 4.78 is 0. The molecule has 0 saturated heterocycles. The van der Waals surface area contributed by atoms with Crippen LogP contribution in [0.3, 0.4) is 0 Å². The zero-order chi connectivity index (χ0) is 15.7. The van der Waals surface area contributed by atoms with Crippen LogP contribution in [-0.4, -0.2) is 41.1 Å². The average molecular weight is 314 g/mol. The highest BCUT2D eigenvalue weighted by atomic mass is 32.1. The first-order chi connectivity index (χ1) is 10.6. The zero-order valence-electron chi connectivity index (χ0n) is 12.0. The quantitative estimate of drug-likeness (QED) is 0.811. The number of hydrogen-bond acceptors (Lipinski definition) is 4. The van der Waals surface area contributed by atoms with E-state index < -0.39 is 11.8 Å². The van der Waals surface area contributed by atoms with Crippen molar-refractivity contribution in [1.29, 1.82) is 0 Å². The van der Waals surface area contributed by atoms with E-state index in [1.807, 2.05) is 16.8 Å². The summed E-state index contributed by atoms with van der Waals surface area (Å²) in [5.74, 6) is -1.07. The van der Waals surface area contributed by atoms with Crippen LogP contribution in [0.1, 0.15) is 26.3 Å². The van der Waals surface area contributed by atoms with Gasteiger partial charge in [-0.1, -0.05) is 12.1 Å². The minimum Gasteiger partial charge on any atom is -0.340 e. The number of hydrogen-bond donors (Lipinski definition) is 0. The van der Waals surface area contributed by atoms with E-state index in [-0.39, 0.29) is 12.5 Å². The lowest BCUT2D eigenvalue weighted by molar-refractivity contribution is -0.130. The molecule has 0 spiro atoms. The maximum Gasteiger partial charge on any atom is 0.262 e. The second-order valence-corrected chi connectivity index (χ2v) is 5.90. The maximum absolute atomic E-state index is 12.3. The number of carbonyl (C=O) groups is 3. The van der Waals surface area contributed by atoms with Crippen molar-refractivity contribution in [2.45, 2.75) is 6.54 Å². The Morgan fingerprint density at radius 2 is 1.77 bits per heavy atom. The lowest BCUT2D eigenvalue weighted by Gasteiger charge is -2.20. The molecule has 1 aromatic heterocycles. The van der Waals surface area contributed by atoms with Crippen molar-refractivity contribution in [3.63, 3.8) is 0 Å². The van der Waals surface area contributed by atoms with Crippen molar-refractivity contribution in [2.75, 3.05) is 13.6 Å². The van der Waals surface area contributed by atoms with Gasteiger partial charge in [-0.3, -0.25) is 19.3 Å². The molecule has 1 aliphatic heterocycles. The maximum atomic E-state index is 12.3. The van der Waals surface area contributed by atoms with Crippen LogP contribution >= 0.6 is 11.3 Å². The molecule has 2 heterocycles. The van der Waals surface area contributed by atoms with Crippen LogP contribution in [0, 0.1) is 0 Å². The Kier molecular flexibility index (Phi) is 3.77. The molecule has 2 aromatic rings. The fourth-order valence-electron chi connectivity index (χ4n) is 2.38. The highest BCUT2D eigenvalue weighted by molar-refractivity contribution is 7.07. The monoisotopic (exact) mass is 314 g/mol. The fourth-order valence-corrected chi connectivity index (χ4v) is 3.04. The number of amides is 3. The molecule has 0 fully saturated rings. The van der Waals surface area contributed by atoms with Crippen LogP contribution < -0.4 is 0 Å². The summed E-state index contributed by atoms with van der Waals surface area (Å²) in [4.78, 5) is 39.2. The third-order valence-corrected chi connectivity index (χ3v) is 4.33. The largest absolute Gasteiger partial charge is 0.340 e. The van der Waals surface area contributed by atoms with Gasteiger partial charge in [0, 0.05) is 13.6 Å². The first-order valence-electron chi connectivity index (χ1n) is 6.78. The van der Waals surface area contributed by atoms with Crippen LogP contribution in [0.15, 0.2) is 41.1 Å². The van der Waals surface area contributed by atoms with Crippen molar-refractivity contribution in [2.24, 2.45) is 0 Å². The summed E-state index contributed by atoms with van der Waals surface area (Å²) in [5.41, 5.74) is 1.75. The van der Waals surface area contributed by atoms with E-state index in [0.29, 0.717) is 17.7 Å². The third kappa shape index (κ3) is 2.53. The van der Waals surface area contributed by atoms with Crippen molar-refractivity contribution < 1.29 is 14.4 Å². The van der Waals surface area contributed by atoms with Gasteiger partial charge in [-0.2, -0.15) is 11.3 Å². The molecule has 22 heavy (non-hydrogen) atoms. The molecule has 0 atom stereocenters. The van der Waals surface area contributed by atoms with Gasteiger partial charge in [0.15, 0.2) is 0 Å². The average Bonchev–Trinajstić information content (AvgIpc) is 3.10. The van der Waals surface area contributed by atoms with Crippen LogP contribution in [0.4, 0.5) is 0 Å². The second-order valence-electron chi connectivity index (χ2n) is 5.12. The van der Waals surface area contributed by atoms with Gasteiger partial charge in [-0.15, -0.1) is 0 Å². The number of imide groups is 1. The number of thiophene rings is 1. The van der Waals surface area contributed by atoms with E-state index in [1.165, 1.54) is 4.90 Å². The molecule has 5 nitrogen and oxygen atoms in total. The minimum absolute atomic E-state index is 0.229. The van der Waals surface area contributed by atoms with Crippen LogP contribution in [0.5, 0.6) is 0 Å². The van der Waals surface area contributed by atoms with E-state index in [2.05, 4.69) is 0 Å². The van der Waals surface area contributed by atoms with Crippen LogP contribution in [0.25, 0.3) is 0 Å². The molecular weight excluding hydrogens is 300 g/mol.